The van der Waals surface area contributed by atoms with Crippen LogP contribution in [-0.2, 0) is 4.74 Å². The molecular weight excluding hydrogens is 378 g/mol. The van der Waals surface area contributed by atoms with Crippen LogP contribution in [0.5, 0.6) is 5.75 Å². The van der Waals surface area contributed by atoms with Gasteiger partial charge in [0.2, 0.25) is 0 Å². The predicted molar refractivity (Wildman–Crippen MR) is 110 cm³/mol. The lowest BCUT2D eigenvalue weighted by Crippen LogP contribution is -2.38. The van der Waals surface area contributed by atoms with Crippen LogP contribution in [0.2, 0.25) is 5.02 Å². The number of nitrogens with zero attached hydrogens (tertiary/aromatic N) is 1. The van der Waals surface area contributed by atoms with Crippen LogP contribution < -0.4 is 10.4 Å². The normalized spacial score (nSPS) is 15.1. The van der Waals surface area contributed by atoms with Gasteiger partial charge in [-0.15, -0.1) is 0 Å². The Balaban J connectivity index is 1.56. The van der Waals surface area contributed by atoms with Crippen LogP contribution in [0, 0.1) is 6.92 Å². The summed E-state index contributed by atoms with van der Waals surface area (Å²) in [5.74, 6) is 0.697. The van der Waals surface area contributed by atoms with Gasteiger partial charge in [0.1, 0.15) is 17.9 Å². The molecule has 2 aromatic carbocycles. The highest BCUT2D eigenvalue weighted by Gasteiger charge is 2.14. The van der Waals surface area contributed by atoms with Gasteiger partial charge in [-0.1, -0.05) is 23.7 Å². The molecule has 0 saturated carbocycles. The summed E-state index contributed by atoms with van der Waals surface area (Å²) in [5, 5.41) is 1.52. The first-order valence-electron chi connectivity index (χ1n) is 9.38. The van der Waals surface area contributed by atoms with E-state index in [0.29, 0.717) is 28.5 Å². The quantitative estimate of drug-likeness (QED) is 0.604. The molecule has 2 heterocycles. The molecule has 6 heteroatoms. The van der Waals surface area contributed by atoms with Crippen molar-refractivity contribution in [1.29, 1.82) is 0 Å². The maximum absolute atomic E-state index is 12.6. The van der Waals surface area contributed by atoms with Crippen LogP contribution in [0.1, 0.15) is 5.56 Å². The smallest absolute Gasteiger partial charge is 0.344 e. The van der Waals surface area contributed by atoms with Gasteiger partial charge in [-0.05, 0) is 42.3 Å². The zero-order chi connectivity index (χ0) is 19.5. The Morgan fingerprint density at radius 1 is 1.11 bits per heavy atom. The first-order valence-corrected chi connectivity index (χ1v) is 9.76. The number of benzene rings is 2. The third-order valence-corrected chi connectivity index (χ3v) is 5.30. The maximum atomic E-state index is 12.6. The van der Waals surface area contributed by atoms with Crippen molar-refractivity contribution < 1.29 is 13.9 Å². The Labute approximate surface area is 168 Å². The Morgan fingerprint density at radius 2 is 1.86 bits per heavy atom. The van der Waals surface area contributed by atoms with E-state index in [4.69, 9.17) is 25.5 Å². The molecule has 3 aromatic rings. The van der Waals surface area contributed by atoms with E-state index in [1.807, 2.05) is 31.2 Å². The molecule has 0 unspecified atom stereocenters. The van der Waals surface area contributed by atoms with Crippen molar-refractivity contribution in [2.24, 2.45) is 0 Å². The number of aryl methyl sites for hydroxylation is 1. The average molecular weight is 400 g/mol. The van der Waals surface area contributed by atoms with Gasteiger partial charge in [0.15, 0.2) is 0 Å². The molecule has 28 heavy (non-hydrogen) atoms. The van der Waals surface area contributed by atoms with Gasteiger partial charge in [0.25, 0.3) is 0 Å². The zero-order valence-corrected chi connectivity index (χ0v) is 16.5. The fraction of sp³-hybridized carbons (Fsp3) is 0.318. The second-order valence-corrected chi connectivity index (χ2v) is 7.29. The molecule has 1 fully saturated rings. The van der Waals surface area contributed by atoms with E-state index in [0.717, 1.165) is 49.4 Å². The molecule has 4 rings (SSSR count). The van der Waals surface area contributed by atoms with Crippen LogP contribution in [0.3, 0.4) is 0 Å². The SMILES string of the molecule is Cc1c(-c2ccc(Cl)cc2)c(=O)oc2cc(OCCN3CCOCC3)ccc12. The second-order valence-electron chi connectivity index (χ2n) is 6.86. The molecule has 0 aliphatic carbocycles. The molecule has 1 aromatic heterocycles. The number of fused-ring (bicyclic) bond motifs is 1. The summed E-state index contributed by atoms with van der Waals surface area (Å²) in [6.07, 6.45) is 0. The Kier molecular flexibility index (Phi) is 5.67. The van der Waals surface area contributed by atoms with Crippen molar-refractivity contribution in [1.82, 2.24) is 4.90 Å². The lowest BCUT2D eigenvalue weighted by Gasteiger charge is -2.26. The minimum atomic E-state index is -0.363. The minimum absolute atomic E-state index is 0.363. The van der Waals surface area contributed by atoms with Gasteiger partial charge in [0, 0.05) is 36.1 Å². The van der Waals surface area contributed by atoms with Gasteiger partial charge < -0.3 is 13.9 Å². The number of halogens is 1. The van der Waals surface area contributed by atoms with Crippen molar-refractivity contribution in [3.63, 3.8) is 0 Å². The predicted octanol–water partition coefficient (Wildman–Crippen LogP) is 4.13. The summed E-state index contributed by atoms with van der Waals surface area (Å²) in [4.78, 5) is 14.9. The molecule has 5 nitrogen and oxygen atoms in total. The fourth-order valence-corrected chi connectivity index (χ4v) is 3.62. The average Bonchev–Trinajstić information content (AvgIpc) is 2.70. The van der Waals surface area contributed by atoms with E-state index in [-0.39, 0.29) is 5.63 Å². The summed E-state index contributed by atoms with van der Waals surface area (Å²) in [6.45, 7) is 6.78. The molecule has 0 bridgehead atoms. The standard InChI is InChI=1S/C22H22ClNO4/c1-15-19-7-6-18(27-13-10-24-8-11-26-12-9-24)14-20(19)28-22(25)21(15)16-2-4-17(23)5-3-16/h2-7,14H,8-13H2,1H3. The molecule has 0 amide bonds. The lowest BCUT2D eigenvalue weighted by molar-refractivity contribution is 0.0322. The number of ether oxygens (including phenoxy) is 2. The van der Waals surface area contributed by atoms with Gasteiger partial charge in [0.05, 0.1) is 18.8 Å². The first-order chi connectivity index (χ1) is 13.6. The van der Waals surface area contributed by atoms with Crippen LogP contribution in [0.25, 0.3) is 22.1 Å². The van der Waals surface area contributed by atoms with Crippen molar-refractivity contribution in [3.05, 3.63) is 63.5 Å². The highest BCUT2D eigenvalue weighted by molar-refractivity contribution is 6.30. The minimum Gasteiger partial charge on any atom is -0.492 e. The lowest BCUT2D eigenvalue weighted by atomic mass is 10.00. The molecule has 1 saturated heterocycles. The molecule has 0 N–H and O–H groups in total. The van der Waals surface area contributed by atoms with Crippen LogP contribution in [0.15, 0.2) is 51.7 Å². The topological polar surface area (TPSA) is 51.9 Å². The number of hydrogen-bond donors (Lipinski definition) is 0. The molecule has 0 spiro atoms. The van der Waals surface area contributed by atoms with Gasteiger partial charge in [-0.3, -0.25) is 4.90 Å². The molecule has 1 aliphatic heterocycles. The van der Waals surface area contributed by atoms with Crippen molar-refractivity contribution in [2.45, 2.75) is 6.92 Å². The number of rotatable bonds is 5. The van der Waals surface area contributed by atoms with E-state index >= 15 is 0 Å². The number of hydrogen-bond acceptors (Lipinski definition) is 5. The van der Waals surface area contributed by atoms with Gasteiger partial charge in [-0.2, -0.15) is 0 Å². The first kappa shape index (κ1) is 19.0. The van der Waals surface area contributed by atoms with Crippen LogP contribution in [-0.4, -0.2) is 44.4 Å². The molecule has 1 aliphatic rings. The highest BCUT2D eigenvalue weighted by Crippen LogP contribution is 2.29. The van der Waals surface area contributed by atoms with E-state index < -0.39 is 0 Å². The summed E-state index contributed by atoms with van der Waals surface area (Å²) >= 11 is 5.96. The molecule has 0 atom stereocenters. The zero-order valence-electron chi connectivity index (χ0n) is 15.7. The monoisotopic (exact) mass is 399 g/mol. The van der Waals surface area contributed by atoms with E-state index in [1.165, 1.54) is 0 Å². The maximum Gasteiger partial charge on any atom is 0.344 e. The van der Waals surface area contributed by atoms with Gasteiger partial charge >= 0.3 is 5.63 Å². The van der Waals surface area contributed by atoms with E-state index in [2.05, 4.69) is 4.90 Å². The van der Waals surface area contributed by atoms with Crippen molar-refractivity contribution in [2.75, 3.05) is 39.5 Å². The Hall–Kier alpha value is -2.34. The summed E-state index contributed by atoms with van der Waals surface area (Å²) in [5.41, 5.74) is 2.41. The molecule has 146 valence electrons. The van der Waals surface area contributed by atoms with E-state index in [1.54, 1.807) is 18.2 Å². The third kappa shape index (κ3) is 4.07. The molecular formula is C22H22ClNO4. The second kappa shape index (κ2) is 8.35. The Morgan fingerprint density at radius 3 is 2.61 bits per heavy atom. The van der Waals surface area contributed by atoms with Crippen molar-refractivity contribution >= 4 is 22.6 Å². The largest absolute Gasteiger partial charge is 0.492 e. The molecule has 0 radical (unpaired) electrons. The summed E-state index contributed by atoms with van der Waals surface area (Å²) in [7, 11) is 0. The van der Waals surface area contributed by atoms with Crippen LogP contribution >= 0.6 is 11.6 Å². The van der Waals surface area contributed by atoms with E-state index in [9.17, 15) is 4.79 Å². The number of morpholine rings is 1. The van der Waals surface area contributed by atoms with Gasteiger partial charge in [-0.25, -0.2) is 4.79 Å². The summed E-state index contributed by atoms with van der Waals surface area (Å²) in [6, 6.07) is 12.8. The van der Waals surface area contributed by atoms with Crippen LogP contribution in [0.4, 0.5) is 0 Å². The fourth-order valence-electron chi connectivity index (χ4n) is 3.49. The highest BCUT2D eigenvalue weighted by atomic mass is 35.5. The third-order valence-electron chi connectivity index (χ3n) is 5.05. The Bertz CT molecular complexity index is 1020. The van der Waals surface area contributed by atoms with Crippen molar-refractivity contribution in [3.8, 4) is 16.9 Å². The summed E-state index contributed by atoms with van der Waals surface area (Å²) < 4.78 is 16.8.